The van der Waals surface area contributed by atoms with Crippen molar-refractivity contribution in [2.75, 3.05) is 7.05 Å². The Bertz CT molecular complexity index is 415. The predicted molar refractivity (Wildman–Crippen MR) is 53.4 cm³/mol. The Labute approximate surface area is 91.4 Å². The van der Waals surface area contributed by atoms with Gasteiger partial charge >= 0.3 is 6.09 Å². The van der Waals surface area contributed by atoms with E-state index in [4.69, 9.17) is 16.3 Å². The highest BCUT2D eigenvalue weighted by atomic mass is 35.5. The fourth-order valence-electron chi connectivity index (χ4n) is 1.34. The first kappa shape index (κ1) is 9.98. The molecule has 78 valence electrons. The number of rotatable bonds is 1. The lowest BCUT2D eigenvalue weighted by Crippen LogP contribution is -2.24. The number of likely N-dealkylation sites (N-methyl/N-ethyl adjacent to an activating group) is 1. The summed E-state index contributed by atoms with van der Waals surface area (Å²) in [7, 11) is 1.39. The summed E-state index contributed by atoms with van der Waals surface area (Å²) in [6, 6.07) is 6.63. The second-order valence-electron chi connectivity index (χ2n) is 3.21. The molecule has 1 saturated heterocycles. The first-order chi connectivity index (χ1) is 7.09. The molecule has 1 unspecified atom stereocenters. The zero-order chi connectivity index (χ0) is 11.0. The molecule has 0 bridgehead atoms. The van der Waals surface area contributed by atoms with Crippen LogP contribution in [0.5, 0.6) is 0 Å². The number of benzene rings is 1. The molecular formula is C10H8ClNO3. The Balaban J connectivity index is 2.29. The van der Waals surface area contributed by atoms with E-state index in [-0.39, 0.29) is 5.91 Å². The maximum atomic E-state index is 11.5. The van der Waals surface area contributed by atoms with Crippen LogP contribution in [-0.2, 0) is 9.53 Å². The van der Waals surface area contributed by atoms with Gasteiger partial charge in [0.2, 0.25) is 6.10 Å². The van der Waals surface area contributed by atoms with Gasteiger partial charge in [0.1, 0.15) is 0 Å². The molecule has 1 aromatic rings. The minimum absolute atomic E-state index is 0.359. The van der Waals surface area contributed by atoms with Crippen molar-refractivity contribution in [1.29, 1.82) is 0 Å². The highest BCUT2D eigenvalue weighted by Gasteiger charge is 2.38. The third-order valence-electron chi connectivity index (χ3n) is 2.22. The monoisotopic (exact) mass is 225 g/mol. The van der Waals surface area contributed by atoms with Crippen molar-refractivity contribution < 1.29 is 14.3 Å². The molecule has 1 aromatic carbocycles. The van der Waals surface area contributed by atoms with Gasteiger partial charge in [-0.05, 0) is 12.1 Å². The first-order valence-corrected chi connectivity index (χ1v) is 4.71. The van der Waals surface area contributed by atoms with Gasteiger partial charge in [-0.1, -0.05) is 23.7 Å². The van der Waals surface area contributed by atoms with Crippen LogP contribution in [0.4, 0.5) is 4.79 Å². The van der Waals surface area contributed by atoms with Crippen LogP contribution in [0.1, 0.15) is 11.7 Å². The Morgan fingerprint density at radius 2 is 1.87 bits per heavy atom. The van der Waals surface area contributed by atoms with Gasteiger partial charge in [0.05, 0.1) is 0 Å². The number of nitrogens with zero attached hydrogens (tertiary/aromatic N) is 1. The maximum Gasteiger partial charge on any atom is 0.417 e. The Morgan fingerprint density at radius 1 is 1.27 bits per heavy atom. The van der Waals surface area contributed by atoms with Gasteiger partial charge in [0.15, 0.2) is 0 Å². The average Bonchev–Trinajstić information content (AvgIpc) is 2.47. The van der Waals surface area contributed by atoms with Gasteiger partial charge in [-0.15, -0.1) is 0 Å². The molecule has 0 spiro atoms. The van der Waals surface area contributed by atoms with Gasteiger partial charge in [-0.25, -0.2) is 9.69 Å². The number of ether oxygens (including phenoxy) is 1. The summed E-state index contributed by atoms with van der Waals surface area (Å²) in [5.41, 5.74) is 0.627. The molecule has 2 amide bonds. The molecule has 5 heteroatoms. The number of carbonyl (C=O) groups excluding carboxylic acids is 2. The molecule has 1 aliphatic heterocycles. The minimum Gasteiger partial charge on any atom is -0.431 e. The molecule has 0 aliphatic carbocycles. The van der Waals surface area contributed by atoms with Crippen molar-refractivity contribution in [2.45, 2.75) is 6.10 Å². The minimum atomic E-state index is -0.834. The molecule has 0 radical (unpaired) electrons. The van der Waals surface area contributed by atoms with E-state index in [1.54, 1.807) is 24.3 Å². The normalized spacial score (nSPS) is 20.7. The van der Waals surface area contributed by atoms with Crippen molar-refractivity contribution in [2.24, 2.45) is 0 Å². The SMILES string of the molecule is CN1C(=O)OC(c2ccc(Cl)cc2)C1=O. The number of hydrogen-bond acceptors (Lipinski definition) is 3. The molecule has 2 rings (SSSR count). The molecule has 1 fully saturated rings. The van der Waals surface area contributed by atoms with Gasteiger partial charge in [0, 0.05) is 17.6 Å². The van der Waals surface area contributed by atoms with Crippen LogP contribution in [-0.4, -0.2) is 23.9 Å². The van der Waals surface area contributed by atoms with Crippen LogP contribution in [0.3, 0.4) is 0 Å². The van der Waals surface area contributed by atoms with Crippen LogP contribution < -0.4 is 0 Å². The van der Waals surface area contributed by atoms with Gasteiger partial charge < -0.3 is 4.74 Å². The number of hydrogen-bond donors (Lipinski definition) is 0. The first-order valence-electron chi connectivity index (χ1n) is 4.33. The molecule has 15 heavy (non-hydrogen) atoms. The summed E-state index contributed by atoms with van der Waals surface area (Å²) in [5, 5.41) is 0.573. The van der Waals surface area contributed by atoms with E-state index < -0.39 is 12.2 Å². The molecule has 1 heterocycles. The van der Waals surface area contributed by atoms with E-state index in [0.29, 0.717) is 10.6 Å². The van der Waals surface area contributed by atoms with E-state index in [1.165, 1.54) is 7.05 Å². The molecular weight excluding hydrogens is 218 g/mol. The third kappa shape index (κ3) is 1.68. The average molecular weight is 226 g/mol. The van der Waals surface area contributed by atoms with Crippen molar-refractivity contribution in [3.05, 3.63) is 34.9 Å². The number of cyclic esters (lactones) is 1. The molecule has 0 aromatic heterocycles. The maximum absolute atomic E-state index is 11.5. The quantitative estimate of drug-likeness (QED) is 0.734. The van der Waals surface area contributed by atoms with E-state index in [0.717, 1.165) is 4.90 Å². The summed E-state index contributed by atoms with van der Waals surface area (Å²) < 4.78 is 4.91. The van der Waals surface area contributed by atoms with Gasteiger partial charge in [0.25, 0.3) is 5.91 Å². The summed E-state index contributed by atoms with van der Waals surface area (Å²) in [4.78, 5) is 23.6. The number of imide groups is 1. The highest BCUT2D eigenvalue weighted by molar-refractivity contribution is 6.30. The third-order valence-corrected chi connectivity index (χ3v) is 2.47. The zero-order valence-corrected chi connectivity index (χ0v) is 8.69. The molecule has 4 nitrogen and oxygen atoms in total. The summed E-state index contributed by atoms with van der Waals surface area (Å²) in [5.74, 6) is -0.359. The van der Waals surface area contributed by atoms with Gasteiger partial charge in [-0.2, -0.15) is 0 Å². The van der Waals surface area contributed by atoms with E-state index in [1.807, 2.05) is 0 Å². The Hall–Kier alpha value is -1.55. The lowest BCUT2D eigenvalue weighted by atomic mass is 10.1. The second kappa shape index (κ2) is 3.55. The van der Waals surface area contributed by atoms with Crippen molar-refractivity contribution in [1.82, 2.24) is 4.90 Å². The number of amides is 2. The number of halogens is 1. The topological polar surface area (TPSA) is 46.6 Å². The number of carbonyl (C=O) groups is 2. The fourth-order valence-corrected chi connectivity index (χ4v) is 1.47. The Morgan fingerprint density at radius 3 is 2.33 bits per heavy atom. The smallest absolute Gasteiger partial charge is 0.417 e. The Kier molecular flexibility index (Phi) is 2.36. The molecule has 1 aliphatic rings. The largest absolute Gasteiger partial charge is 0.431 e. The van der Waals surface area contributed by atoms with Crippen molar-refractivity contribution >= 4 is 23.6 Å². The van der Waals surface area contributed by atoms with Crippen LogP contribution >= 0.6 is 11.6 Å². The standard InChI is InChI=1S/C10H8ClNO3/c1-12-9(13)8(15-10(12)14)6-2-4-7(11)5-3-6/h2-5,8H,1H3. The van der Waals surface area contributed by atoms with Crippen LogP contribution in [0.25, 0.3) is 0 Å². The van der Waals surface area contributed by atoms with Crippen LogP contribution in [0.2, 0.25) is 5.02 Å². The lowest BCUT2D eigenvalue weighted by Gasteiger charge is -2.06. The second-order valence-corrected chi connectivity index (χ2v) is 3.65. The summed E-state index contributed by atoms with van der Waals surface area (Å²) >= 11 is 5.71. The van der Waals surface area contributed by atoms with Gasteiger partial charge in [-0.3, -0.25) is 4.79 Å². The van der Waals surface area contributed by atoms with E-state index in [9.17, 15) is 9.59 Å². The van der Waals surface area contributed by atoms with Crippen molar-refractivity contribution in [3.8, 4) is 0 Å². The highest BCUT2D eigenvalue weighted by Crippen LogP contribution is 2.27. The fraction of sp³-hybridized carbons (Fsp3) is 0.200. The van der Waals surface area contributed by atoms with Crippen LogP contribution in [0.15, 0.2) is 24.3 Å². The molecule has 0 saturated carbocycles. The van der Waals surface area contributed by atoms with E-state index >= 15 is 0 Å². The zero-order valence-electron chi connectivity index (χ0n) is 7.94. The van der Waals surface area contributed by atoms with E-state index in [2.05, 4.69) is 0 Å². The molecule has 1 atom stereocenters. The van der Waals surface area contributed by atoms with Crippen LogP contribution in [0, 0.1) is 0 Å². The predicted octanol–water partition coefficient (Wildman–Crippen LogP) is 1.99. The summed E-state index contributed by atoms with van der Waals surface area (Å²) in [6.45, 7) is 0. The van der Waals surface area contributed by atoms with Crippen molar-refractivity contribution in [3.63, 3.8) is 0 Å². The molecule has 0 N–H and O–H groups in total. The summed E-state index contributed by atoms with van der Waals surface area (Å²) in [6.07, 6.45) is -1.46. The lowest BCUT2D eigenvalue weighted by molar-refractivity contribution is -0.129.